The number of amides is 2. The van der Waals surface area contributed by atoms with Crippen LogP contribution in [0.1, 0.15) is 45.8 Å². The lowest BCUT2D eigenvalue weighted by atomic mass is 10.1. The minimum Gasteiger partial charge on any atom is -0.342 e. The van der Waals surface area contributed by atoms with Crippen LogP contribution in [0, 0.1) is 24.3 Å². The van der Waals surface area contributed by atoms with Crippen molar-refractivity contribution in [3.8, 4) is 0 Å². The molecule has 0 unspecified atom stereocenters. The van der Waals surface area contributed by atoms with Crippen LogP contribution in [0.25, 0.3) is 0 Å². The maximum atomic E-state index is 12.5. The monoisotopic (exact) mass is 563 g/mol. The van der Waals surface area contributed by atoms with Crippen molar-refractivity contribution in [2.75, 3.05) is 11.1 Å². The van der Waals surface area contributed by atoms with E-state index in [9.17, 15) is 9.59 Å². The number of benzene rings is 2. The van der Waals surface area contributed by atoms with Gasteiger partial charge in [0.15, 0.2) is 11.0 Å². The minimum atomic E-state index is -0.332. The number of hydrogen-bond donors (Lipinski definition) is 2. The summed E-state index contributed by atoms with van der Waals surface area (Å²) in [4.78, 5) is 25.0. The third-order valence-corrected chi connectivity index (χ3v) is 6.65. The van der Waals surface area contributed by atoms with Gasteiger partial charge in [0.05, 0.1) is 11.8 Å². The summed E-state index contributed by atoms with van der Waals surface area (Å²) in [5.74, 6) is 0.559. The van der Waals surface area contributed by atoms with Crippen LogP contribution in [0.4, 0.5) is 5.69 Å². The Hall–Kier alpha value is -2.40. The molecular weight excluding hydrogens is 537 g/mol. The number of nitrogens with one attached hydrogen (secondary N) is 2. The van der Waals surface area contributed by atoms with Crippen LogP contribution in [-0.4, -0.2) is 32.3 Å². The summed E-state index contributed by atoms with van der Waals surface area (Å²) < 4.78 is 2.94. The lowest BCUT2D eigenvalue weighted by Crippen LogP contribution is -2.28. The fourth-order valence-corrected chi connectivity index (χ4v) is 4.94. The second-order valence-corrected chi connectivity index (χ2v) is 9.90. The molecule has 2 aromatic carbocycles. The first-order chi connectivity index (χ1) is 15.2. The number of anilines is 1. The molecule has 9 heteroatoms. The number of thioether (sulfide) groups is 1. The zero-order chi connectivity index (χ0) is 23.4. The molecule has 1 aromatic heterocycles. The smallest absolute Gasteiger partial charge is 0.251 e. The maximum absolute atomic E-state index is 12.5. The summed E-state index contributed by atoms with van der Waals surface area (Å²) in [7, 11) is 1.83. The molecule has 168 valence electrons. The molecule has 2 amide bonds. The van der Waals surface area contributed by atoms with Crippen LogP contribution in [0.5, 0.6) is 0 Å². The van der Waals surface area contributed by atoms with Gasteiger partial charge in [-0.25, -0.2) is 0 Å². The molecule has 0 aliphatic carbocycles. The number of rotatable bonds is 7. The third-order valence-electron chi connectivity index (χ3n) is 5.01. The normalized spacial score (nSPS) is 11.8. The first-order valence-electron chi connectivity index (χ1n) is 10.1. The van der Waals surface area contributed by atoms with Gasteiger partial charge in [-0.3, -0.25) is 9.59 Å². The van der Waals surface area contributed by atoms with E-state index >= 15 is 0 Å². The molecule has 32 heavy (non-hydrogen) atoms. The van der Waals surface area contributed by atoms with Crippen molar-refractivity contribution in [3.05, 3.63) is 68.0 Å². The molecule has 3 rings (SSSR count). The molecule has 1 heterocycles. The van der Waals surface area contributed by atoms with Crippen molar-refractivity contribution < 1.29 is 9.59 Å². The summed E-state index contributed by atoms with van der Waals surface area (Å²) >= 11 is 3.57. The van der Waals surface area contributed by atoms with E-state index in [1.54, 1.807) is 16.7 Å². The summed E-state index contributed by atoms with van der Waals surface area (Å²) in [6, 6.07) is 11.1. The highest BCUT2D eigenvalue weighted by Gasteiger charge is 2.19. The Labute approximate surface area is 205 Å². The number of halogens is 1. The largest absolute Gasteiger partial charge is 0.342 e. The predicted molar refractivity (Wildman–Crippen MR) is 136 cm³/mol. The van der Waals surface area contributed by atoms with Crippen LogP contribution in [0.15, 0.2) is 41.6 Å². The van der Waals surface area contributed by atoms with Crippen molar-refractivity contribution in [2.45, 2.75) is 38.9 Å². The van der Waals surface area contributed by atoms with Crippen LogP contribution in [-0.2, 0) is 11.8 Å². The van der Waals surface area contributed by atoms with E-state index < -0.39 is 0 Å². The maximum Gasteiger partial charge on any atom is 0.251 e. The number of aryl methyl sites for hydroxylation is 3. The average Bonchev–Trinajstić information content (AvgIpc) is 3.10. The SMILES string of the molecule is Cc1ccc(C(=O)N[C@H](C)c2nnc(SCC(=O)Nc3c(C)cc(I)cc3C)n2C)cc1. The van der Waals surface area contributed by atoms with E-state index in [-0.39, 0.29) is 23.6 Å². The van der Waals surface area contributed by atoms with E-state index in [0.717, 1.165) is 25.9 Å². The highest BCUT2D eigenvalue weighted by molar-refractivity contribution is 14.1. The predicted octanol–water partition coefficient (Wildman–Crippen LogP) is 4.57. The number of nitrogens with zero attached hydrogens (tertiary/aromatic N) is 3. The fourth-order valence-electron chi connectivity index (χ4n) is 3.29. The van der Waals surface area contributed by atoms with Crippen molar-refractivity contribution in [1.82, 2.24) is 20.1 Å². The van der Waals surface area contributed by atoms with Crippen LogP contribution in [0.2, 0.25) is 0 Å². The molecule has 0 aliphatic heterocycles. The summed E-state index contributed by atoms with van der Waals surface area (Å²) in [5.41, 5.74) is 4.61. The third kappa shape index (κ3) is 5.89. The van der Waals surface area contributed by atoms with Crippen molar-refractivity contribution in [2.24, 2.45) is 7.05 Å². The van der Waals surface area contributed by atoms with Crippen LogP contribution < -0.4 is 10.6 Å². The Balaban J connectivity index is 1.60. The highest BCUT2D eigenvalue weighted by Crippen LogP contribution is 2.24. The van der Waals surface area contributed by atoms with Gasteiger partial charge in [-0.15, -0.1) is 10.2 Å². The lowest BCUT2D eigenvalue weighted by Gasteiger charge is -2.14. The molecular formula is C23H26IN5O2S. The zero-order valence-corrected chi connectivity index (χ0v) is 21.7. The molecule has 1 atom stereocenters. The molecule has 7 nitrogen and oxygen atoms in total. The first-order valence-corrected chi connectivity index (χ1v) is 12.2. The highest BCUT2D eigenvalue weighted by atomic mass is 127. The quantitative estimate of drug-likeness (QED) is 0.325. The van der Waals surface area contributed by atoms with Gasteiger partial charge in [0.2, 0.25) is 5.91 Å². The van der Waals surface area contributed by atoms with Crippen LogP contribution in [0.3, 0.4) is 0 Å². The minimum absolute atomic E-state index is 0.104. The van der Waals surface area contributed by atoms with Gasteiger partial charge < -0.3 is 15.2 Å². The van der Waals surface area contributed by atoms with E-state index in [4.69, 9.17) is 0 Å². The summed E-state index contributed by atoms with van der Waals surface area (Å²) in [5, 5.41) is 15.0. The van der Waals surface area contributed by atoms with Crippen LogP contribution >= 0.6 is 34.4 Å². The van der Waals surface area contributed by atoms with E-state index in [0.29, 0.717) is 16.5 Å². The second kappa shape index (κ2) is 10.5. The number of carbonyl (C=O) groups excluding carboxylic acids is 2. The van der Waals surface area contributed by atoms with Gasteiger partial charge >= 0.3 is 0 Å². The molecule has 0 saturated heterocycles. The molecule has 0 radical (unpaired) electrons. The Morgan fingerprint density at radius 3 is 2.34 bits per heavy atom. The van der Waals surface area contributed by atoms with Crippen molar-refractivity contribution in [1.29, 1.82) is 0 Å². The number of aromatic nitrogens is 3. The van der Waals surface area contributed by atoms with Gasteiger partial charge in [0.1, 0.15) is 0 Å². The van der Waals surface area contributed by atoms with E-state index in [1.807, 2.05) is 59.0 Å². The lowest BCUT2D eigenvalue weighted by molar-refractivity contribution is -0.113. The Morgan fingerprint density at radius 2 is 1.72 bits per heavy atom. The first kappa shape index (κ1) is 24.2. The number of hydrogen-bond acceptors (Lipinski definition) is 5. The molecule has 0 saturated carbocycles. The summed E-state index contributed by atoms with van der Waals surface area (Å²) in [6.07, 6.45) is 0. The van der Waals surface area contributed by atoms with Gasteiger partial charge in [-0.2, -0.15) is 0 Å². The summed E-state index contributed by atoms with van der Waals surface area (Å²) in [6.45, 7) is 7.81. The van der Waals surface area contributed by atoms with E-state index in [1.165, 1.54) is 11.8 Å². The Kier molecular flexibility index (Phi) is 7.94. The number of carbonyl (C=O) groups is 2. The Morgan fingerprint density at radius 1 is 1.09 bits per heavy atom. The fraction of sp³-hybridized carbons (Fsp3) is 0.304. The average molecular weight is 563 g/mol. The van der Waals surface area contributed by atoms with Gasteiger partial charge in [0, 0.05) is 21.9 Å². The molecule has 3 aromatic rings. The van der Waals surface area contributed by atoms with Gasteiger partial charge in [0.25, 0.3) is 5.91 Å². The molecule has 0 spiro atoms. The topological polar surface area (TPSA) is 88.9 Å². The van der Waals surface area contributed by atoms with Crippen molar-refractivity contribution >= 4 is 51.9 Å². The van der Waals surface area contributed by atoms with Crippen molar-refractivity contribution in [3.63, 3.8) is 0 Å². The standard InChI is InChI=1S/C23H26IN5O2S/c1-13-6-8-17(9-7-13)22(31)25-16(4)21-27-28-23(29(21)5)32-12-19(30)26-20-14(2)10-18(24)11-15(20)3/h6-11,16H,12H2,1-5H3,(H,25,31)(H,26,30)/t16-/m1/s1. The van der Waals surface area contributed by atoms with Gasteiger partial charge in [-0.05, 0) is 85.7 Å². The van der Waals surface area contributed by atoms with Gasteiger partial charge in [-0.1, -0.05) is 29.5 Å². The molecule has 2 N–H and O–H groups in total. The zero-order valence-electron chi connectivity index (χ0n) is 18.7. The molecule has 0 fully saturated rings. The van der Waals surface area contributed by atoms with E-state index in [2.05, 4.69) is 43.4 Å². The molecule has 0 bridgehead atoms. The second-order valence-electron chi connectivity index (χ2n) is 7.71. The molecule has 0 aliphatic rings. The Bertz CT molecular complexity index is 1120.